The standard InChI is InChI=1S/C14H30N2/c1-11(2)9-13(10-16(4)5)15-14-8-6-7-12(14)3/h11-15H,6-10H2,1-5H3. The fourth-order valence-electron chi connectivity index (χ4n) is 2.90. The fourth-order valence-corrected chi connectivity index (χ4v) is 2.90. The van der Waals surface area contributed by atoms with Gasteiger partial charge >= 0.3 is 0 Å². The maximum atomic E-state index is 3.89. The van der Waals surface area contributed by atoms with Crippen molar-refractivity contribution in [1.29, 1.82) is 0 Å². The molecule has 1 N–H and O–H groups in total. The van der Waals surface area contributed by atoms with Gasteiger partial charge in [-0.25, -0.2) is 0 Å². The van der Waals surface area contributed by atoms with E-state index in [-0.39, 0.29) is 0 Å². The van der Waals surface area contributed by atoms with Crippen LogP contribution >= 0.6 is 0 Å². The molecule has 0 spiro atoms. The number of rotatable bonds is 6. The number of hydrogen-bond acceptors (Lipinski definition) is 2. The van der Waals surface area contributed by atoms with Crippen LogP contribution in [0.3, 0.4) is 0 Å². The van der Waals surface area contributed by atoms with Crippen molar-refractivity contribution >= 4 is 0 Å². The predicted molar refractivity (Wildman–Crippen MR) is 71.7 cm³/mol. The van der Waals surface area contributed by atoms with Crippen LogP contribution in [0, 0.1) is 11.8 Å². The van der Waals surface area contributed by atoms with E-state index in [2.05, 4.69) is 45.1 Å². The Morgan fingerprint density at radius 1 is 1.25 bits per heavy atom. The third kappa shape index (κ3) is 4.84. The molecule has 0 aliphatic heterocycles. The molecule has 1 aliphatic rings. The minimum Gasteiger partial charge on any atom is -0.310 e. The van der Waals surface area contributed by atoms with E-state index in [4.69, 9.17) is 0 Å². The third-order valence-corrected chi connectivity index (χ3v) is 3.65. The van der Waals surface area contributed by atoms with E-state index in [1.807, 2.05) is 0 Å². The molecule has 1 rings (SSSR count). The van der Waals surface area contributed by atoms with Crippen LogP contribution in [-0.4, -0.2) is 37.6 Å². The van der Waals surface area contributed by atoms with Gasteiger partial charge in [-0.05, 0) is 45.2 Å². The minimum absolute atomic E-state index is 0.667. The van der Waals surface area contributed by atoms with Gasteiger partial charge in [0.2, 0.25) is 0 Å². The lowest BCUT2D eigenvalue weighted by Crippen LogP contribution is -2.45. The fraction of sp³-hybridized carbons (Fsp3) is 1.00. The van der Waals surface area contributed by atoms with Crippen molar-refractivity contribution in [2.24, 2.45) is 11.8 Å². The van der Waals surface area contributed by atoms with E-state index in [1.165, 1.54) is 32.2 Å². The van der Waals surface area contributed by atoms with Crippen LogP contribution in [0.5, 0.6) is 0 Å². The highest BCUT2D eigenvalue weighted by atomic mass is 15.1. The lowest BCUT2D eigenvalue weighted by molar-refractivity contribution is 0.270. The van der Waals surface area contributed by atoms with Crippen molar-refractivity contribution in [3.8, 4) is 0 Å². The Morgan fingerprint density at radius 2 is 1.94 bits per heavy atom. The molecule has 1 aliphatic carbocycles. The molecule has 3 unspecified atom stereocenters. The van der Waals surface area contributed by atoms with Crippen molar-refractivity contribution in [3.05, 3.63) is 0 Å². The summed E-state index contributed by atoms with van der Waals surface area (Å²) < 4.78 is 0. The second-order valence-electron chi connectivity index (χ2n) is 6.27. The monoisotopic (exact) mass is 226 g/mol. The molecule has 3 atom stereocenters. The number of hydrogen-bond donors (Lipinski definition) is 1. The van der Waals surface area contributed by atoms with E-state index in [1.54, 1.807) is 0 Å². The van der Waals surface area contributed by atoms with Gasteiger partial charge in [-0.1, -0.05) is 27.2 Å². The SMILES string of the molecule is CC(C)CC(CN(C)C)NC1CCCC1C. The van der Waals surface area contributed by atoms with Crippen molar-refractivity contribution < 1.29 is 0 Å². The molecule has 0 bridgehead atoms. The van der Waals surface area contributed by atoms with Gasteiger partial charge < -0.3 is 10.2 Å². The van der Waals surface area contributed by atoms with E-state index >= 15 is 0 Å². The topological polar surface area (TPSA) is 15.3 Å². The van der Waals surface area contributed by atoms with Crippen molar-refractivity contribution in [2.75, 3.05) is 20.6 Å². The summed E-state index contributed by atoms with van der Waals surface area (Å²) in [6.07, 6.45) is 5.49. The number of nitrogens with one attached hydrogen (secondary N) is 1. The van der Waals surface area contributed by atoms with Gasteiger partial charge in [0.15, 0.2) is 0 Å². The van der Waals surface area contributed by atoms with Crippen molar-refractivity contribution in [2.45, 2.75) is 58.5 Å². The van der Waals surface area contributed by atoms with Gasteiger partial charge in [-0.2, -0.15) is 0 Å². The Hall–Kier alpha value is -0.0800. The first-order valence-electron chi connectivity index (χ1n) is 6.89. The summed E-state index contributed by atoms with van der Waals surface area (Å²) in [4.78, 5) is 2.31. The van der Waals surface area contributed by atoms with E-state index in [9.17, 15) is 0 Å². The maximum absolute atomic E-state index is 3.89. The second-order valence-corrected chi connectivity index (χ2v) is 6.27. The molecule has 1 saturated carbocycles. The summed E-state index contributed by atoms with van der Waals surface area (Å²) in [7, 11) is 4.35. The van der Waals surface area contributed by atoms with Crippen LogP contribution in [0.4, 0.5) is 0 Å². The summed E-state index contributed by atoms with van der Waals surface area (Å²) in [6.45, 7) is 8.21. The first-order chi connectivity index (χ1) is 7.49. The molecule has 0 amide bonds. The second kappa shape index (κ2) is 6.61. The molecule has 2 heteroatoms. The van der Waals surface area contributed by atoms with Crippen LogP contribution in [0.25, 0.3) is 0 Å². The Morgan fingerprint density at radius 3 is 2.38 bits per heavy atom. The first kappa shape index (κ1) is 14.0. The Bertz CT molecular complexity index is 179. The molecule has 0 aromatic heterocycles. The molecule has 0 saturated heterocycles. The molecule has 0 radical (unpaired) electrons. The average molecular weight is 226 g/mol. The molecule has 2 nitrogen and oxygen atoms in total. The van der Waals surface area contributed by atoms with Gasteiger partial charge in [0.1, 0.15) is 0 Å². The third-order valence-electron chi connectivity index (χ3n) is 3.65. The molecular formula is C14H30N2. The Kier molecular flexibility index (Phi) is 5.77. The van der Waals surface area contributed by atoms with Crippen LogP contribution in [0.2, 0.25) is 0 Å². The maximum Gasteiger partial charge on any atom is 0.0199 e. The summed E-state index contributed by atoms with van der Waals surface area (Å²) in [5.74, 6) is 1.66. The molecular weight excluding hydrogens is 196 g/mol. The van der Waals surface area contributed by atoms with Crippen LogP contribution < -0.4 is 5.32 Å². The zero-order valence-corrected chi connectivity index (χ0v) is 11.8. The van der Waals surface area contributed by atoms with Crippen molar-refractivity contribution in [3.63, 3.8) is 0 Å². The highest BCUT2D eigenvalue weighted by Gasteiger charge is 2.25. The van der Waals surface area contributed by atoms with E-state index in [0.717, 1.165) is 17.9 Å². The molecule has 96 valence electrons. The lowest BCUT2D eigenvalue weighted by Gasteiger charge is -2.29. The van der Waals surface area contributed by atoms with Gasteiger partial charge in [0.25, 0.3) is 0 Å². The summed E-state index contributed by atoms with van der Waals surface area (Å²) in [5.41, 5.74) is 0. The zero-order valence-electron chi connectivity index (χ0n) is 11.8. The lowest BCUT2D eigenvalue weighted by atomic mass is 10.00. The van der Waals surface area contributed by atoms with Gasteiger partial charge in [-0.15, -0.1) is 0 Å². The quantitative estimate of drug-likeness (QED) is 0.749. The number of likely N-dealkylation sites (N-methyl/N-ethyl adjacent to an activating group) is 1. The largest absolute Gasteiger partial charge is 0.310 e. The normalized spacial score (nSPS) is 27.9. The van der Waals surface area contributed by atoms with Gasteiger partial charge in [-0.3, -0.25) is 0 Å². The minimum atomic E-state index is 0.667. The molecule has 0 aromatic carbocycles. The smallest absolute Gasteiger partial charge is 0.0199 e. The Balaban J connectivity index is 2.41. The average Bonchev–Trinajstić information content (AvgIpc) is 2.49. The highest BCUT2D eigenvalue weighted by molar-refractivity contribution is 4.84. The summed E-state index contributed by atoms with van der Waals surface area (Å²) >= 11 is 0. The highest BCUT2D eigenvalue weighted by Crippen LogP contribution is 2.25. The van der Waals surface area contributed by atoms with Crippen molar-refractivity contribution in [1.82, 2.24) is 10.2 Å². The molecule has 0 aromatic rings. The molecule has 1 fully saturated rings. The Labute approximate surface area is 102 Å². The summed E-state index contributed by atoms with van der Waals surface area (Å²) in [5, 5.41) is 3.89. The molecule has 16 heavy (non-hydrogen) atoms. The van der Waals surface area contributed by atoms with Crippen LogP contribution in [0.1, 0.15) is 46.5 Å². The van der Waals surface area contributed by atoms with Crippen LogP contribution in [0.15, 0.2) is 0 Å². The van der Waals surface area contributed by atoms with E-state index in [0.29, 0.717) is 6.04 Å². The van der Waals surface area contributed by atoms with Gasteiger partial charge in [0.05, 0.1) is 0 Å². The number of nitrogens with zero attached hydrogens (tertiary/aromatic N) is 1. The zero-order chi connectivity index (χ0) is 12.1. The van der Waals surface area contributed by atoms with Crippen LogP contribution in [-0.2, 0) is 0 Å². The first-order valence-corrected chi connectivity index (χ1v) is 6.89. The van der Waals surface area contributed by atoms with E-state index < -0.39 is 0 Å². The molecule has 0 heterocycles. The summed E-state index contributed by atoms with van der Waals surface area (Å²) in [6, 6.07) is 1.43. The van der Waals surface area contributed by atoms with Gasteiger partial charge in [0, 0.05) is 18.6 Å². The predicted octanol–water partition coefficient (Wildman–Crippen LogP) is 2.74.